The summed E-state index contributed by atoms with van der Waals surface area (Å²) in [7, 11) is 2.25. The fourth-order valence-electron chi connectivity index (χ4n) is 3.64. The van der Waals surface area contributed by atoms with E-state index in [1.54, 1.807) is 0 Å². The Bertz CT molecular complexity index is 700. The van der Waals surface area contributed by atoms with Crippen molar-refractivity contribution in [3.05, 3.63) is 33.4 Å². The van der Waals surface area contributed by atoms with Crippen LogP contribution in [0.25, 0.3) is 10.2 Å². The highest BCUT2D eigenvalue weighted by Gasteiger charge is 2.09. The first-order chi connectivity index (χ1) is 12.2. The van der Waals surface area contributed by atoms with Crippen molar-refractivity contribution in [2.75, 3.05) is 39.8 Å². The zero-order chi connectivity index (χ0) is 17.5. The lowest BCUT2D eigenvalue weighted by Gasteiger charge is -2.24. The Labute approximate surface area is 154 Å². The van der Waals surface area contributed by atoms with Gasteiger partial charge in [0, 0.05) is 13.1 Å². The zero-order valence-electron chi connectivity index (χ0n) is 15.4. The maximum Gasteiger partial charge on any atom is 0.305 e. The maximum absolute atomic E-state index is 11.4. The number of hydrogen-bond acceptors (Lipinski definition) is 4. The third-order valence-corrected chi connectivity index (χ3v) is 6.08. The fourth-order valence-corrected chi connectivity index (χ4v) is 4.44. The largest absolute Gasteiger partial charge is 0.312 e. The average Bonchev–Trinajstić information content (AvgIpc) is 2.80. The molecule has 0 unspecified atom stereocenters. The molecule has 1 N–H and O–H groups in total. The van der Waals surface area contributed by atoms with Crippen molar-refractivity contribution in [1.29, 1.82) is 0 Å². The van der Waals surface area contributed by atoms with Crippen LogP contribution in [-0.2, 0) is 6.42 Å². The Morgan fingerprint density at radius 2 is 1.92 bits per heavy atom. The first-order valence-corrected chi connectivity index (χ1v) is 10.5. The average molecular weight is 362 g/mol. The predicted molar refractivity (Wildman–Crippen MR) is 108 cm³/mol. The van der Waals surface area contributed by atoms with Crippen LogP contribution in [0.1, 0.15) is 44.1 Å². The number of fused-ring (bicyclic) bond motifs is 1. The van der Waals surface area contributed by atoms with Crippen LogP contribution < -0.4 is 4.87 Å². The number of aromatic amines is 1. The van der Waals surface area contributed by atoms with Crippen LogP contribution in [-0.4, -0.2) is 54.6 Å². The molecule has 0 aliphatic carbocycles. The Hall–Kier alpha value is -1.17. The van der Waals surface area contributed by atoms with Gasteiger partial charge < -0.3 is 14.8 Å². The fraction of sp³-hybridized carbons (Fsp3) is 0.650. The number of aromatic nitrogens is 1. The van der Waals surface area contributed by atoms with Crippen LogP contribution in [0.4, 0.5) is 0 Å². The van der Waals surface area contributed by atoms with Gasteiger partial charge in [-0.1, -0.05) is 30.2 Å². The number of thiazole rings is 1. The lowest BCUT2D eigenvalue weighted by molar-refractivity contribution is 0.229. The molecule has 138 valence electrons. The van der Waals surface area contributed by atoms with Crippen molar-refractivity contribution in [1.82, 2.24) is 14.8 Å². The number of likely N-dealkylation sites (tertiary alicyclic amines) is 1. The van der Waals surface area contributed by atoms with Crippen molar-refractivity contribution < 1.29 is 0 Å². The standard InChI is InChI=1S/C20H31N3OS/c1-22(14-15-23-12-5-2-3-6-13-23)11-7-4-8-17-9-10-18-19(16-17)25-20(24)21-18/h9-10,16H,2-8,11-15H2,1H3,(H,21,24). The number of nitrogens with one attached hydrogen (secondary N) is 1. The number of nitrogens with zero attached hydrogens (tertiary/aromatic N) is 2. The second kappa shape index (κ2) is 9.51. The molecule has 3 rings (SSSR count). The monoisotopic (exact) mass is 361 g/mol. The molecule has 0 radical (unpaired) electrons. The van der Waals surface area contributed by atoms with Gasteiger partial charge >= 0.3 is 4.87 Å². The number of likely N-dealkylation sites (N-methyl/N-ethyl adjacent to an activating group) is 1. The Balaban J connectivity index is 1.33. The highest BCUT2D eigenvalue weighted by atomic mass is 32.1. The SMILES string of the molecule is CN(CCCCc1ccc2[nH]c(=O)sc2c1)CCN1CCCCCC1. The summed E-state index contributed by atoms with van der Waals surface area (Å²) in [6.45, 7) is 6.17. The number of benzene rings is 1. The highest BCUT2D eigenvalue weighted by molar-refractivity contribution is 7.16. The van der Waals surface area contributed by atoms with Crippen LogP contribution in [0.5, 0.6) is 0 Å². The number of unbranched alkanes of at least 4 members (excludes halogenated alkanes) is 1. The molecule has 0 atom stereocenters. The minimum Gasteiger partial charge on any atom is -0.312 e. The van der Waals surface area contributed by atoms with Crippen molar-refractivity contribution in [3.63, 3.8) is 0 Å². The molecule has 5 heteroatoms. The summed E-state index contributed by atoms with van der Waals surface area (Å²) in [6, 6.07) is 6.35. The normalized spacial score (nSPS) is 16.6. The minimum absolute atomic E-state index is 0.0400. The third-order valence-electron chi connectivity index (χ3n) is 5.24. The summed E-state index contributed by atoms with van der Waals surface area (Å²) in [5.74, 6) is 0. The molecule has 1 aliphatic rings. The predicted octanol–water partition coefficient (Wildman–Crippen LogP) is 3.72. The van der Waals surface area contributed by atoms with Gasteiger partial charge in [0.05, 0.1) is 10.2 Å². The third kappa shape index (κ3) is 5.94. The molecule has 1 aromatic carbocycles. The minimum atomic E-state index is 0.0400. The molecule has 0 amide bonds. The van der Waals surface area contributed by atoms with Gasteiger partial charge in [-0.05, 0) is 76.5 Å². The summed E-state index contributed by atoms with van der Waals surface area (Å²) in [6.07, 6.45) is 9.13. The molecule has 2 aromatic rings. The molecule has 1 fully saturated rings. The maximum atomic E-state index is 11.4. The van der Waals surface area contributed by atoms with E-state index in [4.69, 9.17) is 0 Å². The van der Waals surface area contributed by atoms with E-state index in [0.29, 0.717) is 0 Å². The Morgan fingerprint density at radius 1 is 1.12 bits per heavy atom. The molecule has 1 saturated heterocycles. The molecule has 25 heavy (non-hydrogen) atoms. The van der Waals surface area contributed by atoms with Gasteiger partial charge in [-0.25, -0.2) is 0 Å². The van der Waals surface area contributed by atoms with Gasteiger partial charge in [-0.2, -0.15) is 0 Å². The molecule has 4 nitrogen and oxygen atoms in total. The number of aryl methyl sites for hydroxylation is 1. The number of H-pyrrole nitrogens is 1. The summed E-state index contributed by atoms with van der Waals surface area (Å²) in [5.41, 5.74) is 2.31. The van der Waals surface area contributed by atoms with E-state index in [1.807, 2.05) is 6.07 Å². The van der Waals surface area contributed by atoms with Crippen LogP contribution >= 0.6 is 11.3 Å². The van der Waals surface area contributed by atoms with Crippen molar-refractivity contribution in [2.24, 2.45) is 0 Å². The quantitative estimate of drug-likeness (QED) is 0.729. The summed E-state index contributed by atoms with van der Waals surface area (Å²) in [5, 5.41) is 0. The molecule has 1 aliphatic heterocycles. The molecular formula is C20H31N3OS. The van der Waals surface area contributed by atoms with Crippen molar-refractivity contribution >= 4 is 21.6 Å². The molecule has 0 saturated carbocycles. The van der Waals surface area contributed by atoms with E-state index < -0.39 is 0 Å². The van der Waals surface area contributed by atoms with Gasteiger partial charge in [0.1, 0.15) is 0 Å². The highest BCUT2D eigenvalue weighted by Crippen LogP contribution is 2.17. The topological polar surface area (TPSA) is 39.3 Å². The second-order valence-corrected chi connectivity index (χ2v) is 8.38. The molecular weight excluding hydrogens is 330 g/mol. The van der Waals surface area contributed by atoms with E-state index >= 15 is 0 Å². The van der Waals surface area contributed by atoms with E-state index in [2.05, 4.69) is 34.0 Å². The van der Waals surface area contributed by atoms with Crippen LogP contribution in [0.15, 0.2) is 23.0 Å². The molecule has 2 heterocycles. The summed E-state index contributed by atoms with van der Waals surface area (Å²) in [4.78, 5) is 19.4. The van der Waals surface area contributed by atoms with E-state index in [-0.39, 0.29) is 4.87 Å². The van der Waals surface area contributed by atoms with Crippen molar-refractivity contribution in [2.45, 2.75) is 44.9 Å². The van der Waals surface area contributed by atoms with Gasteiger partial charge in [-0.3, -0.25) is 4.79 Å². The Morgan fingerprint density at radius 3 is 2.72 bits per heavy atom. The van der Waals surface area contributed by atoms with Crippen LogP contribution in [0.2, 0.25) is 0 Å². The first kappa shape index (κ1) is 18.6. The summed E-state index contributed by atoms with van der Waals surface area (Å²) < 4.78 is 1.08. The van der Waals surface area contributed by atoms with Gasteiger partial charge in [0.15, 0.2) is 0 Å². The van der Waals surface area contributed by atoms with E-state index in [1.165, 1.54) is 88.1 Å². The molecule has 1 aromatic heterocycles. The summed E-state index contributed by atoms with van der Waals surface area (Å²) >= 11 is 1.31. The lowest BCUT2D eigenvalue weighted by atomic mass is 10.1. The van der Waals surface area contributed by atoms with Crippen LogP contribution in [0, 0.1) is 0 Å². The smallest absolute Gasteiger partial charge is 0.305 e. The van der Waals surface area contributed by atoms with Gasteiger partial charge in [0.2, 0.25) is 0 Å². The second-order valence-electron chi connectivity index (χ2n) is 7.36. The first-order valence-electron chi connectivity index (χ1n) is 9.73. The molecule has 0 bridgehead atoms. The van der Waals surface area contributed by atoms with E-state index in [9.17, 15) is 4.79 Å². The Kier molecular flexibility index (Phi) is 7.08. The van der Waals surface area contributed by atoms with Crippen molar-refractivity contribution in [3.8, 4) is 0 Å². The lowest BCUT2D eigenvalue weighted by Crippen LogP contribution is -2.34. The number of rotatable bonds is 8. The van der Waals surface area contributed by atoms with Crippen LogP contribution in [0.3, 0.4) is 0 Å². The van der Waals surface area contributed by atoms with Gasteiger partial charge in [-0.15, -0.1) is 0 Å². The number of hydrogen-bond donors (Lipinski definition) is 1. The zero-order valence-corrected chi connectivity index (χ0v) is 16.2. The van der Waals surface area contributed by atoms with E-state index in [0.717, 1.165) is 16.6 Å². The van der Waals surface area contributed by atoms with Gasteiger partial charge in [0.25, 0.3) is 0 Å². The molecule has 0 spiro atoms.